The third-order valence-electron chi connectivity index (χ3n) is 6.57. The third-order valence-corrected chi connectivity index (χ3v) is 6.57. The average molecular weight is 501 g/mol. The van der Waals surface area contributed by atoms with E-state index >= 15 is 0 Å². The number of hydrogen-bond donors (Lipinski definition) is 2. The number of carbonyl (C=O) groups is 3. The molecule has 188 valence electrons. The molecule has 0 bridgehead atoms. The van der Waals surface area contributed by atoms with Crippen LogP contribution in [0.3, 0.4) is 0 Å². The second-order valence-electron chi connectivity index (χ2n) is 9.08. The predicted octanol–water partition coefficient (Wildman–Crippen LogP) is 3.43. The van der Waals surface area contributed by atoms with E-state index in [1.807, 2.05) is 36.1 Å². The van der Waals surface area contributed by atoms with Crippen molar-refractivity contribution in [2.45, 2.75) is 26.8 Å². The quantitative estimate of drug-likeness (QED) is 0.420. The Kier molecular flexibility index (Phi) is 6.16. The molecule has 1 fully saturated rings. The molecule has 0 aliphatic carbocycles. The van der Waals surface area contributed by atoms with Crippen molar-refractivity contribution >= 4 is 34.3 Å². The minimum atomic E-state index is -0.745. The highest BCUT2D eigenvalue weighted by Gasteiger charge is 2.22. The minimum Gasteiger partial charge on any atom is -0.366 e. The van der Waals surface area contributed by atoms with Gasteiger partial charge in [-0.05, 0) is 56.2 Å². The number of aromatic nitrogens is 3. The summed E-state index contributed by atoms with van der Waals surface area (Å²) in [7, 11) is 0. The summed E-state index contributed by atoms with van der Waals surface area (Å²) in [5.41, 5.74) is 9.08. The van der Waals surface area contributed by atoms with E-state index in [9.17, 15) is 18.8 Å². The average Bonchev–Trinajstić information content (AvgIpc) is 3.09. The van der Waals surface area contributed by atoms with Crippen molar-refractivity contribution in [3.63, 3.8) is 0 Å². The van der Waals surface area contributed by atoms with Crippen molar-refractivity contribution in [1.82, 2.24) is 19.7 Å². The molecule has 0 unspecified atom stereocenters. The second kappa shape index (κ2) is 9.45. The van der Waals surface area contributed by atoms with Gasteiger partial charge in [0.05, 0.1) is 34.7 Å². The lowest BCUT2D eigenvalue weighted by Crippen LogP contribution is -2.41. The van der Waals surface area contributed by atoms with E-state index in [1.165, 1.54) is 18.2 Å². The third kappa shape index (κ3) is 4.65. The summed E-state index contributed by atoms with van der Waals surface area (Å²) >= 11 is 0. The maximum absolute atomic E-state index is 13.8. The molecule has 5 rings (SSSR count). The van der Waals surface area contributed by atoms with E-state index in [1.54, 1.807) is 11.6 Å². The van der Waals surface area contributed by atoms with Crippen LogP contribution >= 0.6 is 0 Å². The zero-order valence-corrected chi connectivity index (χ0v) is 20.4. The highest BCUT2D eigenvalue weighted by atomic mass is 19.1. The lowest BCUT2D eigenvalue weighted by molar-refractivity contribution is 0.0651. The maximum atomic E-state index is 13.8. The molecule has 0 spiro atoms. The van der Waals surface area contributed by atoms with E-state index in [0.29, 0.717) is 34.6 Å². The number of benzene rings is 2. The van der Waals surface area contributed by atoms with Gasteiger partial charge >= 0.3 is 0 Å². The fourth-order valence-corrected chi connectivity index (χ4v) is 4.36. The number of anilines is 1. The molecular weight excluding hydrogens is 475 g/mol. The molecule has 1 saturated heterocycles. The number of likely N-dealkylation sites (tertiary alicyclic amines) is 1. The Morgan fingerprint density at radius 2 is 1.78 bits per heavy atom. The number of aryl methyl sites for hydroxylation is 1. The molecule has 0 atom stereocenters. The summed E-state index contributed by atoms with van der Waals surface area (Å²) in [6.07, 6.45) is 1.04. The van der Waals surface area contributed by atoms with Gasteiger partial charge in [0, 0.05) is 30.1 Å². The van der Waals surface area contributed by atoms with E-state index in [4.69, 9.17) is 5.73 Å². The van der Waals surface area contributed by atoms with Gasteiger partial charge in [-0.15, -0.1) is 0 Å². The molecule has 0 radical (unpaired) electrons. The molecule has 37 heavy (non-hydrogen) atoms. The van der Waals surface area contributed by atoms with Crippen LogP contribution < -0.4 is 11.1 Å². The number of pyridine rings is 1. The summed E-state index contributed by atoms with van der Waals surface area (Å²) in [5, 5.41) is 7.73. The Labute approximate surface area is 212 Å². The van der Waals surface area contributed by atoms with Gasteiger partial charge in [-0.25, -0.2) is 9.37 Å². The Morgan fingerprint density at radius 3 is 2.43 bits per heavy atom. The van der Waals surface area contributed by atoms with Crippen LogP contribution in [0.1, 0.15) is 54.6 Å². The summed E-state index contributed by atoms with van der Waals surface area (Å²) in [5.74, 6) is -1.82. The molecule has 0 saturated carbocycles. The van der Waals surface area contributed by atoms with Gasteiger partial charge < -0.3 is 16.0 Å². The van der Waals surface area contributed by atoms with E-state index in [-0.39, 0.29) is 22.7 Å². The van der Waals surface area contributed by atoms with E-state index < -0.39 is 17.6 Å². The highest BCUT2D eigenvalue weighted by Crippen LogP contribution is 2.24. The lowest BCUT2D eigenvalue weighted by Gasteiger charge is -2.30. The number of carbonyl (C=O) groups excluding carboxylic acids is 3. The number of rotatable bonds is 6. The largest absolute Gasteiger partial charge is 0.366 e. The van der Waals surface area contributed by atoms with Crippen molar-refractivity contribution in [2.75, 3.05) is 18.4 Å². The number of halogens is 1. The second-order valence-corrected chi connectivity index (χ2v) is 9.08. The van der Waals surface area contributed by atoms with Crippen molar-refractivity contribution in [2.24, 2.45) is 5.73 Å². The lowest BCUT2D eigenvalue weighted by atomic mass is 10.1. The van der Waals surface area contributed by atoms with Crippen LogP contribution in [-0.2, 0) is 6.54 Å². The van der Waals surface area contributed by atoms with Crippen molar-refractivity contribution in [3.05, 3.63) is 88.1 Å². The zero-order chi connectivity index (χ0) is 26.3. The van der Waals surface area contributed by atoms with Crippen molar-refractivity contribution in [1.29, 1.82) is 0 Å². The van der Waals surface area contributed by atoms with Gasteiger partial charge in [0.15, 0.2) is 0 Å². The van der Waals surface area contributed by atoms with Gasteiger partial charge in [0.1, 0.15) is 11.5 Å². The van der Waals surface area contributed by atoms with Crippen LogP contribution in [0, 0.1) is 19.7 Å². The highest BCUT2D eigenvalue weighted by molar-refractivity contribution is 6.10. The first kappa shape index (κ1) is 24.1. The number of nitrogens with one attached hydrogen (secondary N) is 1. The van der Waals surface area contributed by atoms with E-state index in [2.05, 4.69) is 15.4 Å². The standard InChI is InChI=1S/C27H25FN6O3/c1-15-24(31-26(36)23-13-21(25(29)35)20-9-8-19(28)12-22(20)30-23)16(2)34(32-15)14-17-4-6-18(7-5-17)27(37)33-10-3-11-33/h4-9,12-13H,3,10-11,14H2,1-2H3,(H2,29,35)(H,31,36). The number of primary amides is 1. The monoisotopic (exact) mass is 500 g/mol. The summed E-state index contributed by atoms with van der Waals surface area (Å²) in [4.78, 5) is 43.5. The van der Waals surface area contributed by atoms with Crippen molar-refractivity contribution < 1.29 is 18.8 Å². The van der Waals surface area contributed by atoms with Gasteiger partial charge in [0.2, 0.25) is 5.91 Å². The fourth-order valence-electron chi connectivity index (χ4n) is 4.36. The molecule has 1 aliphatic rings. The molecule has 4 aromatic rings. The summed E-state index contributed by atoms with van der Waals surface area (Å²) in [6, 6.07) is 12.5. The van der Waals surface area contributed by atoms with Crippen LogP contribution in [0.2, 0.25) is 0 Å². The Morgan fingerprint density at radius 1 is 1.05 bits per heavy atom. The fraction of sp³-hybridized carbons (Fsp3) is 0.222. The molecule has 3 N–H and O–H groups in total. The van der Waals surface area contributed by atoms with Crippen LogP contribution in [0.5, 0.6) is 0 Å². The van der Waals surface area contributed by atoms with Gasteiger partial charge in [0.25, 0.3) is 11.8 Å². The molecule has 2 aromatic heterocycles. The van der Waals surface area contributed by atoms with Crippen molar-refractivity contribution in [3.8, 4) is 0 Å². The first-order chi connectivity index (χ1) is 17.7. The molecule has 1 aliphatic heterocycles. The summed E-state index contributed by atoms with van der Waals surface area (Å²) < 4.78 is 15.5. The van der Waals surface area contributed by atoms with Gasteiger partial charge in [-0.1, -0.05) is 12.1 Å². The van der Waals surface area contributed by atoms with Crippen LogP contribution in [0.15, 0.2) is 48.5 Å². The molecule has 3 heterocycles. The van der Waals surface area contributed by atoms with Gasteiger partial charge in [-0.2, -0.15) is 5.10 Å². The summed E-state index contributed by atoms with van der Waals surface area (Å²) in [6.45, 7) is 5.65. The smallest absolute Gasteiger partial charge is 0.274 e. The number of amides is 3. The number of hydrogen-bond acceptors (Lipinski definition) is 5. The minimum absolute atomic E-state index is 0.0402. The first-order valence-corrected chi connectivity index (χ1v) is 11.8. The van der Waals surface area contributed by atoms with E-state index in [0.717, 1.165) is 31.1 Å². The molecule has 3 amide bonds. The maximum Gasteiger partial charge on any atom is 0.274 e. The topological polar surface area (TPSA) is 123 Å². The number of nitrogens with two attached hydrogens (primary N) is 1. The predicted molar refractivity (Wildman–Crippen MR) is 136 cm³/mol. The molecule has 2 aromatic carbocycles. The van der Waals surface area contributed by atoms with Crippen LogP contribution in [-0.4, -0.2) is 50.5 Å². The SMILES string of the molecule is Cc1nn(Cc2ccc(C(=O)N3CCC3)cc2)c(C)c1NC(=O)c1cc(C(N)=O)c2ccc(F)cc2n1. The molecule has 9 nitrogen and oxygen atoms in total. The molecular formula is C27H25FN6O3. The number of fused-ring (bicyclic) bond motifs is 1. The van der Waals surface area contributed by atoms with Crippen LogP contribution in [0.25, 0.3) is 10.9 Å². The van der Waals surface area contributed by atoms with Gasteiger partial charge in [-0.3, -0.25) is 19.1 Å². The first-order valence-electron chi connectivity index (χ1n) is 11.8. The van der Waals surface area contributed by atoms with Crippen LogP contribution in [0.4, 0.5) is 10.1 Å². The Hall–Kier alpha value is -4.60. The zero-order valence-electron chi connectivity index (χ0n) is 20.4. The Balaban J connectivity index is 1.36. The normalized spacial score (nSPS) is 12.9. The molecule has 10 heteroatoms. The Bertz CT molecular complexity index is 1560. The number of nitrogens with zero attached hydrogens (tertiary/aromatic N) is 4.